The molecule has 0 heterocycles. The van der Waals surface area contributed by atoms with E-state index in [0.29, 0.717) is 0 Å². The summed E-state index contributed by atoms with van der Waals surface area (Å²) in [5, 5.41) is 0. The second kappa shape index (κ2) is 19.0. The zero-order chi connectivity index (χ0) is 15.4. The molecule has 0 bridgehead atoms. The Morgan fingerprint density at radius 1 is 0.619 bits per heavy atom. The first-order chi connectivity index (χ1) is 10.4. The second-order valence-electron chi connectivity index (χ2n) is 5.70. The average Bonchev–Trinajstić information content (AvgIpc) is 2.50. The molecule has 0 aromatic carbocycles. The molecular weight excluding hydrogens is 256 g/mol. The molecule has 0 spiro atoms. The van der Waals surface area contributed by atoms with Crippen molar-refractivity contribution in [1.82, 2.24) is 0 Å². The molecule has 0 saturated carbocycles. The van der Waals surface area contributed by atoms with Crippen molar-refractivity contribution >= 4 is 0 Å². The van der Waals surface area contributed by atoms with Gasteiger partial charge >= 0.3 is 0 Å². The van der Waals surface area contributed by atoms with Crippen LogP contribution in [0.4, 0.5) is 0 Å². The SMILES string of the molecule is CCCCCCCCCCCCCC=CC=CC=COC. The molecule has 0 amide bonds. The van der Waals surface area contributed by atoms with Crippen LogP contribution in [-0.4, -0.2) is 7.11 Å². The molecule has 1 nitrogen and oxygen atoms in total. The summed E-state index contributed by atoms with van der Waals surface area (Å²) in [5.41, 5.74) is 0. The standard InChI is InChI=1S/C20H36O/c1-3-4-5-6-7-8-9-10-11-12-13-14-15-16-17-18-19-20-21-2/h15-20H,3-14H2,1-2H3. The summed E-state index contributed by atoms with van der Waals surface area (Å²) in [6.07, 6.45) is 28.7. The first-order valence-corrected chi connectivity index (χ1v) is 8.93. The van der Waals surface area contributed by atoms with Gasteiger partial charge in [-0.2, -0.15) is 0 Å². The molecule has 0 rings (SSSR count). The Bertz CT molecular complexity index is 263. The fourth-order valence-electron chi connectivity index (χ4n) is 2.35. The minimum Gasteiger partial charge on any atom is -0.504 e. The van der Waals surface area contributed by atoms with Crippen LogP contribution in [0.2, 0.25) is 0 Å². The van der Waals surface area contributed by atoms with Crippen molar-refractivity contribution in [3.63, 3.8) is 0 Å². The third-order valence-electron chi connectivity index (χ3n) is 3.66. The van der Waals surface area contributed by atoms with E-state index >= 15 is 0 Å². The lowest BCUT2D eigenvalue weighted by atomic mass is 10.1. The minimum absolute atomic E-state index is 1.20. The first-order valence-electron chi connectivity index (χ1n) is 8.93. The van der Waals surface area contributed by atoms with E-state index < -0.39 is 0 Å². The van der Waals surface area contributed by atoms with Gasteiger partial charge < -0.3 is 4.74 Å². The van der Waals surface area contributed by atoms with Crippen LogP contribution < -0.4 is 0 Å². The molecule has 0 saturated heterocycles. The fourth-order valence-corrected chi connectivity index (χ4v) is 2.35. The number of hydrogen-bond donors (Lipinski definition) is 0. The molecule has 0 aliphatic carbocycles. The molecule has 0 aliphatic heterocycles. The van der Waals surface area contributed by atoms with Crippen LogP contribution in [0.5, 0.6) is 0 Å². The maximum Gasteiger partial charge on any atom is 0.0824 e. The van der Waals surface area contributed by atoms with E-state index in [-0.39, 0.29) is 0 Å². The molecule has 1 heteroatoms. The first kappa shape index (κ1) is 20.0. The number of unbranched alkanes of at least 4 members (excludes halogenated alkanes) is 11. The Balaban J connectivity index is 3.13. The van der Waals surface area contributed by atoms with Crippen molar-refractivity contribution < 1.29 is 4.74 Å². The van der Waals surface area contributed by atoms with Gasteiger partial charge in [0.05, 0.1) is 13.4 Å². The van der Waals surface area contributed by atoms with Gasteiger partial charge in [-0.05, 0) is 18.9 Å². The van der Waals surface area contributed by atoms with Crippen LogP contribution >= 0.6 is 0 Å². The van der Waals surface area contributed by atoms with Gasteiger partial charge in [0.2, 0.25) is 0 Å². The summed E-state index contributed by atoms with van der Waals surface area (Å²) in [5.74, 6) is 0. The summed E-state index contributed by atoms with van der Waals surface area (Å²) in [6.45, 7) is 2.28. The van der Waals surface area contributed by atoms with E-state index in [1.54, 1.807) is 13.4 Å². The highest BCUT2D eigenvalue weighted by Crippen LogP contribution is 2.11. The third-order valence-corrected chi connectivity index (χ3v) is 3.66. The highest BCUT2D eigenvalue weighted by Gasteiger charge is 1.92. The van der Waals surface area contributed by atoms with Gasteiger partial charge in [-0.3, -0.25) is 0 Å². The van der Waals surface area contributed by atoms with E-state index in [1.807, 2.05) is 18.2 Å². The lowest BCUT2D eigenvalue weighted by Crippen LogP contribution is -1.81. The monoisotopic (exact) mass is 292 g/mol. The van der Waals surface area contributed by atoms with Gasteiger partial charge in [-0.1, -0.05) is 95.4 Å². The number of ether oxygens (including phenoxy) is 1. The maximum atomic E-state index is 4.81. The van der Waals surface area contributed by atoms with Crippen molar-refractivity contribution in [2.45, 2.75) is 84.0 Å². The zero-order valence-electron chi connectivity index (χ0n) is 14.4. The number of rotatable bonds is 15. The van der Waals surface area contributed by atoms with Crippen LogP contribution in [0, 0.1) is 0 Å². The fraction of sp³-hybridized carbons (Fsp3) is 0.700. The Morgan fingerprint density at radius 2 is 1.14 bits per heavy atom. The zero-order valence-corrected chi connectivity index (χ0v) is 14.4. The molecule has 0 N–H and O–H groups in total. The average molecular weight is 293 g/mol. The summed E-state index contributed by atoms with van der Waals surface area (Å²) >= 11 is 0. The Hall–Kier alpha value is -0.980. The minimum atomic E-state index is 1.20. The van der Waals surface area contributed by atoms with E-state index in [1.165, 1.54) is 77.0 Å². The van der Waals surface area contributed by atoms with Gasteiger partial charge in [0.25, 0.3) is 0 Å². The Morgan fingerprint density at radius 3 is 1.71 bits per heavy atom. The van der Waals surface area contributed by atoms with Crippen molar-refractivity contribution in [2.24, 2.45) is 0 Å². The van der Waals surface area contributed by atoms with Crippen molar-refractivity contribution in [2.75, 3.05) is 7.11 Å². The van der Waals surface area contributed by atoms with Crippen LogP contribution in [0.3, 0.4) is 0 Å². The molecule has 0 atom stereocenters. The Kier molecular flexibility index (Phi) is 18.1. The highest BCUT2D eigenvalue weighted by atomic mass is 16.5. The third kappa shape index (κ3) is 19.0. The summed E-state index contributed by atoms with van der Waals surface area (Å²) in [4.78, 5) is 0. The second-order valence-corrected chi connectivity index (χ2v) is 5.70. The van der Waals surface area contributed by atoms with Gasteiger partial charge in [0.15, 0.2) is 0 Å². The van der Waals surface area contributed by atoms with Crippen molar-refractivity contribution in [1.29, 1.82) is 0 Å². The molecule has 0 radical (unpaired) electrons. The molecule has 0 unspecified atom stereocenters. The predicted molar refractivity (Wildman–Crippen MR) is 95.5 cm³/mol. The lowest BCUT2D eigenvalue weighted by molar-refractivity contribution is 0.338. The Labute approximate surface area is 133 Å². The number of allylic oxidation sites excluding steroid dienone is 5. The van der Waals surface area contributed by atoms with E-state index in [0.717, 1.165) is 0 Å². The van der Waals surface area contributed by atoms with E-state index in [2.05, 4.69) is 19.1 Å². The van der Waals surface area contributed by atoms with Crippen LogP contribution in [0.15, 0.2) is 36.6 Å². The normalized spacial score (nSPS) is 12.1. The number of hydrogen-bond acceptors (Lipinski definition) is 1. The largest absolute Gasteiger partial charge is 0.504 e. The molecule has 122 valence electrons. The molecule has 0 aromatic heterocycles. The van der Waals surface area contributed by atoms with E-state index in [4.69, 9.17) is 4.74 Å². The molecule has 0 aliphatic rings. The smallest absolute Gasteiger partial charge is 0.0824 e. The van der Waals surface area contributed by atoms with Crippen LogP contribution in [0.25, 0.3) is 0 Å². The molecule has 0 aromatic rings. The maximum absolute atomic E-state index is 4.81. The van der Waals surface area contributed by atoms with Crippen molar-refractivity contribution in [3.05, 3.63) is 36.6 Å². The van der Waals surface area contributed by atoms with Gasteiger partial charge in [0.1, 0.15) is 0 Å². The van der Waals surface area contributed by atoms with E-state index in [9.17, 15) is 0 Å². The van der Waals surface area contributed by atoms with Gasteiger partial charge in [-0.15, -0.1) is 0 Å². The molecule has 21 heavy (non-hydrogen) atoms. The van der Waals surface area contributed by atoms with Crippen LogP contribution in [-0.2, 0) is 4.74 Å². The topological polar surface area (TPSA) is 9.23 Å². The lowest BCUT2D eigenvalue weighted by Gasteiger charge is -2.01. The molecular formula is C20H36O. The predicted octanol–water partition coefficient (Wildman–Crippen LogP) is 6.96. The van der Waals surface area contributed by atoms with Crippen LogP contribution in [0.1, 0.15) is 84.0 Å². The summed E-state index contributed by atoms with van der Waals surface area (Å²) in [7, 11) is 1.66. The van der Waals surface area contributed by atoms with Crippen molar-refractivity contribution in [3.8, 4) is 0 Å². The quantitative estimate of drug-likeness (QED) is 0.180. The summed E-state index contributed by atoms with van der Waals surface area (Å²) < 4.78 is 4.81. The highest BCUT2D eigenvalue weighted by molar-refractivity contribution is 5.09. The summed E-state index contributed by atoms with van der Waals surface area (Å²) in [6, 6.07) is 0. The van der Waals surface area contributed by atoms with Gasteiger partial charge in [0, 0.05) is 0 Å². The number of methoxy groups -OCH3 is 1. The van der Waals surface area contributed by atoms with Gasteiger partial charge in [-0.25, -0.2) is 0 Å². The molecule has 0 fully saturated rings.